The van der Waals surface area contributed by atoms with Crippen LogP contribution in [-0.4, -0.2) is 52.6 Å². The van der Waals surface area contributed by atoms with E-state index in [4.69, 9.17) is 1.37 Å². The van der Waals surface area contributed by atoms with Crippen molar-refractivity contribution >= 4 is 27.0 Å². The summed E-state index contributed by atoms with van der Waals surface area (Å²) in [6.07, 6.45) is 2.90. The van der Waals surface area contributed by atoms with Gasteiger partial charge in [0.25, 0.3) is 12.0 Å². The van der Waals surface area contributed by atoms with Gasteiger partial charge < -0.3 is 5.32 Å². The van der Waals surface area contributed by atoms with Crippen molar-refractivity contribution < 1.29 is 18.6 Å². The third kappa shape index (κ3) is 4.18. The van der Waals surface area contributed by atoms with Gasteiger partial charge in [-0.15, -0.1) is 0 Å². The number of hydrogen-bond acceptors (Lipinski definition) is 6. The summed E-state index contributed by atoms with van der Waals surface area (Å²) in [6.45, 7) is 0.775. The number of nitrogens with zero attached hydrogens (tertiary/aromatic N) is 4. The molecule has 3 heterocycles. The summed E-state index contributed by atoms with van der Waals surface area (Å²) in [5, 5.41) is 3.47. The van der Waals surface area contributed by atoms with Crippen molar-refractivity contribution in [2.75, 3.05) is 24.7 Å². The van der Waals surface area contributed by atoms with E-state index in [1.165, 1.54) is 21.3 Å². The van der Waals surface area contributed by atoms with Crippen LogP contribution in [0.1, 0.15) is 57.9 Å². The Hall–Kier alpha value is -2.14. The van der Waals surface area contributed by atoms with Gasteiger partial charge in [0.1, 0.15) is 7.02 Å². The van der Waals surface area contributed by atoms with Gasteiger partial charge >= 0.3 is 0 Å². The quantitative estimate of drug-likeness (QED) is 0.765. The van der Waals surface area contributed by atoms with Crippen molar-refractivity contribution in [2.45, 2.75) is 57.0 Å². The van der Waals surface area contributed by atoms with Crippen LogP contribution >= 0.6 is 0 Å². The second-order valence-electron chi connectivity index (χ2n) is 7.99. The standard InChI is InChI=1S/C19H25F2N5O3S/c1-30(28,29)25-8-6-13(7-9-25)23-19-22-11-12-10-15(16(20)21)18(27)26(17(12)24-19)14-4-2-3-5-14/h10-11,13-14,16H,2-9H2,1H3,(H,22,23,24)/i16D. The van der Waals surface area contributed by atoms with E-state index < -0.39 is 27.5 Å². The second-order valence-corrected chi connectivity index (χ2v) is 9.97. The summed E-state index contributed by atoms with van der Waals surface area (Å²) in [7, 11) is -3.23. The fourth-order valence-corrected chi connectivity index (χ4v) is 5.21. The Bertz CT molecular complexity index is 1140. The van der Waals surface area contributed by atoms with Crippen LogP contribution in [0.4, 0.5) is 14.7 Å². The minimum atomic E-state index is -4.00. The lowest BCUT2D eigenvalue weighted by Gasteiger charge is -2.30. The van der Waals surface area contributed by atoms with Crippen LogP contribution in [0.2, 0.25) is 0 Å². The first kappa shape index (κ1) is 19.8. The molecular formula is C19H25F2N5O3S. The Labute approximate surface area is 174 Å². The number of pyridine rings is 1. The Kier molecular flexibility index (Phi) is 5.40. The van der Waals surface area contributed by atoms with E-state index in [-0.39, 0.29) is 29.1 Å². The molecule has 8 nitrogen and oxygen atoms in total. The third-order valence-corrected chi connectivity index (χ3v) is 7.23. The van der Waals surface area contributed by atoms with E-state index in [0.29, 0.717) is 38.8 Å². The van der Waals surface area contributed by atoms with Gasteiger partial charge in [0.05, 0.1) is 11.8 Å². The summed E-state index contributed by atoms with van der Waals surface area (Å²) >= 11 is 0. The molecule has 1 aliphatic carbocycles. The van der Waals surface area contributed by atoms with Crippen LogP contribution in [0.3, 0.4) is 0 Å². The molecular weight excluding hydrogens is 416 g/mol. The summed E-state index contributed by atoms with van der Waals surface area (Å²) < 4.78 is 60.7. The van der Waals surface area contributed by atoms with Gasteiger partial charge in [0, 0.05) is 36.8 Å². The Morgan fingerprint density at radius 2 is 1.90 bits per heavy atom. The van der Waals surface area contributed by atoms with E-state index in [1.54, 1.807) is 0 Å². The molecule has 0 bridgehead atoms. The van der Waals surface area contributed by atoms with Gasteiger partial charge in [-0.1, -0.05) is 12.8 Å². The average molecular weight is 443 g/mol. The molecule has 0 radical (unpaired) electrons. The zero-order valence-electron chi connectivity index (χ0n) is 17.6. The van der Waals surface area contributed by atoms with Gasteiger partial charge in [0.15, 0.2) is 0 Å². The molecule has 1 N–H and O–H groups in total. The van der Waals surface area contributed by atoms with E-state index in [0.717, 1.165) is 18.9 Å². The number of hydrogen-bond donors (Lipinski definition) is 1. The van der Waals surface area contributed by atoms with Crippen molar-refractivity contribution in [1.29, 1.82) is 0 Å². The van der Waals surface area contributed by atoms with Gasteiger partial charge in [-0.25, -0.2) is 26.5 Å². The molecule has 11 heteroatoms. The summed E-state index contributed by atoms with van der Waals surface area (Å²) in [6, 6.07) is 0.724. The van der Waals surface area contributed by atoms with Gasteiger partial charge in [-0.2, -0.15) is 4.98 Å². The van der Waals surface area contributed by atoms with E-state index >= 15 is 0 Å². The first-order chi connectivity index (χ1) is 14.5. The molecule has 2 fully saturated rings. The second kappa shape index (κ2) is 8.18. The van der Waals surface area contributed by atoms with Crippen molar-refractivity contribution in [1.82, 2.24) is 18.8 Å². The molecule has 30 heavy (non-hydrogen) atoms. The molecule has 0 atom stereocenters. The average Bonchev–Trinajstić information content (AvgIpc) is 3.20. The molecule has 2 aliphatic rings. The SMILES string of the molecule is [2H]C(F)(F)c1cc2cnc(NC3CCN(S(C)(=O)=O)CC3)nc2n(C2CCCC2)c1=O. The van der Waals surface area contributed by atoms with Crippen LogP contribution in [-0.2, 0) is 10.0 Å². The smallest absolute Gasteiger partial charge is 0.269 e. The summed E-state index contributed by atoms with van der Waals surface area (Å²) in [5.74, 6) is 0.266. The molecule has 1 saturated carbocycles. The van der Waals surface area contributed by atoms with Gasteiger partial charge in [-0.05, 0) is 31.7 Å². The Morgan fingerprint density at radius 1 is 1.23 bits per heavy atom. The van der Waals surface area contributed by atoms with Crippen molar-refractivity contribution in [3.05, 3.63) is 28.2 Å². The Morgan fingerprint density at radius 3 is 2.50 bits per heavy atom. The van der Waals surface area contributed by atoms with Crippen LogP contribution in [0.15, 0.2) is 17.1 Å². The maximum absolute atomic E-state index is 13.8. The van der Waals surface area contributed by atoms with E-state index in [2.05, 4.69) is 15.3 Å². The maximum Gasteiger partial charge on any atom is 0.269 e. The lowest BCUT2D eigenvalue weighted by atomic mass is 10.1. The fraction of sp³-hybridized carbons (Fsp3) is 0.632. The van der Waals surface area contributed by atoms with Crippen molar-refractivity contribution in [2.24, 2.45) is 0 Å². The van der Waals surface area contributed by atoms with Crippen LogP contribution in [0, 0.1) is 0 Å². The van der Waals surface area contributed by atoms with Crippen LogP contribution < -0.4 is 10.9 Å². The van der Waals surface area contributed by atoms with Crippen molar-refractivity contribution in [3.63, 3.8) is 0 Å². The predicted octanol–water partition coefficient (Wildman–Crippen LogP) is 2.68. The molecule has 0 amide bonds. The fourth-order valence-electron chi connectivity index (χ4n) is 4.34. The molecule has 0 spiro atoms. The molecule has 0 aromatic carbocycles. The predicted molar refractivity (Wildman–Crippen MR) is 109 cm³/mol. The number of sulfonamides is 1. The molecule has 2 aromatic rings. The molecule has 164 valence electrons. The van der Waals surface area contributed by atoms with Gasteiger partial charge in [0.2, 0.25) is 16.0 Å². The highest BCUT2D eigenvalue weighted by atomic mass is 32.2. The van der Waals surface area contributed by atoms with Crippen LogP contribution in [0.25, 0.3) is 11.0 Å². The number of nitrogens with one attached hydrogen (secondary N) is 1. The minimum Gasteiger partial charge on any atom is -0.351 e. The summed E-state index contributed by atoms with van der Waals surface area (Å²) in [5.41, 5.74) is -1.48. The lowest BCUT2D eigenvalue weighted by molar-refractivity contribution is 0.149. The topological polar surface area (TPSA) is 97.2 Å². The van der Waals surface area contributed by atoms with Crippen molar-refractivity contribution in [3.8, 4) is 0 Å². The molecule has 0 unspecified atom stereocenters. The molecule has 1 saturated heterocycles. The Balaban J connectivity index is 1.67. The monoisotopic (exact) mass is 442 g/mol. The van der Waals surface area contributed by atoms with E-state index in [9.17, 15) is 22.0 Å². The number of fused-ring (bicyclic) bond motifs is 1. The largest absolute Gasteiger partial charge is 0.351 e. The highest BCUT2D eigenvalue weighted by molar-refractivity contribution is 7.88. The normalized spacial score (nSPS) is 20.6. The zero-order valence-corrected chi connectivity index (χ0v) is 17.5. The molecule has 2 aromatic heterocycles. The summed E-state index contributed by atoms with van der Waals surface area (Å²) in [4.78, 5) is 21.5. The highest BCUT2D eigenvalue weighted by Gasteiger charge is 2.27. The molecule has 4 rings (SSSR count). The number of anilines is 1. The van der Waals surface area contributed by atoms with Gasteiger partial charge in [-0.3, -0.25) is 9.36 Å². The number of halogens is 2. The first-order valence-corrected chi connectivity index (χ1v) is 11.9. The number of rotatable bonds is 5. The molecule has 1 aliphatic heterocycles. The highest BCUT2D eigenvalue weighted by Crippen LogP contribution is 2.32. The van der Waals surface area contributed by atoms with E-state index in [1.807, 2.05) is 0 Å². The third-order valence-electron chi connectivity index (χ3n) is 5.92. The minimum absolute atomic E-state index is 0.0426. The number of alkyl halides is 2. The first-order valence-electron chi connectivity index (χ1n) is 10.6. The zero-order chi connectivity index (χ0) is 22.4. The van der Waals surface area contributed by atoms with Crippen LogP contribution in [0.5, 0.6) is 0 Å². The number of piperidine rings is 1. The lowest BCUT2D eigenvalue weighted by Crippen LogP contribution is -2.42. The number of aromatic nitrogens is 3. The maximum atomic E-state index is 13.8.